The van der Waals surface area contributed by atoms with Crippen molar-refractivity contribution in [2.75, 3.05) is 26.0 Å². The number of hydrogen-bond acceptors (Lipinski definition) is 7. The minimum Gasteiger partial charge on any atom is -0.468 e. The lowest BCUT2D eigenvalue weighted by molar-refractivity contribution is -0.140. The second-order valence-corrected chi connectivity index (χ2v) is 7.18. The molecule has 24 heavy (non-hydrogen) atoms. The van der Waals surface area contributed by atoms with Crippen molar-refractivity contribution in [1.82, 2.24) is 24.2 Å². The molecule has 2 aromatic heterocycles. The van der Waals surface area contributed by atoms with Crippen LogP contribution in [0.2, 0.25) is 0 Å². The highest BCUT2D eigenvalue weighted by Gasteiger charge is 2.27. The maximum absolute atomic E-state index is 11.8. The van der Waals surface area contributed by atoms with Crippen LogP contribution in [0.3, 0.4) is 0 Å². The quantitative estimate of drug-likeness (QED) is 0.602. The van der Waals surface area contributed by atoms with Crippen molar-refractivity contribution < 1.29 is 9.53 Å². The van der Waals surface area contributed by atoms with Crippen LogP contribution >= 0.6 is 24.0 Å². The Labute approximate surface area is 149 Å². The third-order valence-electron chi connectivity index (χ3n) is 3.93. The highest BCUT2D eigenvalue weighted by atomic mass is 32.2. The highest BCUT2D eigenvalue weighted by Crippen LogP contribution is 2.21. The zero-order chi connectivity index (χ0) is 17.1. The Balaban J connectivity index is 1.79. The predicted octanol–water partition coefficient (Wildman–Crippen LogP) is 1.56. The van der Waals surface area contributed by atoms with Crippen molar-refractivity contribution in [1.29, 1.82) is 0 Å². The number of carbonyl (C=O) groups is 1. The first-order chi connectivity index (χ1) is 11.6. The van der Waals surface area contributed by atoms with Gasteiger partial charge in [0.1, 0.15) is 5.25 Å². The third-order valence-corrected chi connectivity index (χ3v) is 5.57. The van der Waals surface area contributed by atoms with Gasteiger partial charge in [-0.25, -0.2) is 4.68 Å². The summed E-state index contributed by atoms with van der Waals surface area (Å²) in [5.41, 5.74) is 0.971. The number of carbonyl (C=O) groups excluding carboxylic acids is 1. The Hall–Kier alpha value is -1.71. The van der Waals surface area contributed by atoms with Crippen LogP contribution in [-0.4, -0.2) is 61.4 Å². The molecule has 7 nitrogen and oxygen atoms in total. The molecule has 0 spiro atoms. The molecule has 0 unspecified atom stereocenters. The Bertz CT molecular complexity index is 774. The van der Waals surface area contributed by atoms with E-state index in [4.69, 9.17) is 17.0 Å². The summed E-state index contributed by atoms with van der Waals surface area (Å²) in [6, 6.07) is 3.82. The number of rotatable bonds is 4. The van der Waals surface area contributed by atoms with Crippen LogP contribution in [0.1, 0.15) is 0 Å². The second kappa shape index (κ2) is 7.45. The van der Waals surface area contributed by atoms with Gasteiger partial charge in [0, 0.05) is 43.8 Å². The summed E-state index contributed by atoms with van der Waals surface area (Å²) >= 11 is 7.15. The van der Waals surface area contributed by atoms with Gasteiger partial charge in [0.15, 0.2) is 10.6 Å². The van der Waals surface area contributed by atoms with E-state index in [1.54, 1.807) is 28.8 Å². The van der Waals surface area contributed by atoms with Crippen molar-refractivity contribution in [3.05, 3.63) is 29.3 Å². The van der Waals surface area contributed by atoms with E-state index in [1.165, 1.54) is 7.11 Å². The smallest absolute Gasteiger partial charge is 0.320 e. The molecule has 128 valence electrons. The molecule has 2 aromatic rings. The summed E-state index contributed by atoms with van der Waals surface area (Å²) in [7, 11) is 3.34. The molecule has 1 atom stereocenters. The largest absolute Gasteiger partial charge is 0.468 e. The summed E-state index contributed by atoms with van der Waals surface area (Å²) < 4.78 is 9.19. The number of esters is 1. The molecule has 3 heterocycles. The van der Waals surface area contributed by atoms with E-state index >= 15 is 0 Å². The van der Waals surface area contributed by atoms with E-state index in [0.717, 1.165) is 23.7 Å². The van der Waals surface area contributed by atoms with Gasteiger partial charge in [0.25, 0.3) is 0 Å². The van der Waals surface area contributed by atoms with Crippen molar-refractivity contribution in [2.45, 2.75) is 11.9 Å². The van der Waals surface area contributed by atoms with E-state index in [-0.39, 0.29) is 11.2 Å². The average molecular weight is 365 g/mol. The summed E-state index contributed by atoms with van der Waals surface area (Å²) in [5.74, 6) is 1.52. The van der Waals surface area contributed by atoms with Crippen LogP contribution < -0.4 is 0 Å². The number of methoxy groups -OCH3 is 1. The van der Waals surface area contributed by atoms with E-state index in [9.17, 15) is 4.79 Å². The SMILES string of the molecule is COC(=O)[C@@H]1CN(Cn2nc(-c3ccncc3)n(C)c2=S)CCS1. The number of aromatic nitrogens is 4. The van der Waals surface area contributed by atoms with Gasteiger partial charge >= 0.3 is 5.97 Å². The highest BCUT2D eigenvalue weighted by molar-refractivity contribution is 8.00. The average Bonchev–Trinajstić information content (AvgIpc) is 2.90. The first-order valence-electron chi connectivity index (χ1n) is 7.56. The molecule has 0 radical (unpaired) electrons. The van der Waals surface area contributed by atoms with E-state index in [2.05, 4.69) is 15.0 Å². The Morgan fingerprint density at radius 2 is 2.21 bits per heavy atom. The Morgan fingerprint density at radius 1 is 1.46 bits per heavy atom. The molecule has 0 aliphatic carbocycles. The molecule has 1 fully saturated rings. The monoisotopic (exact) mass is 365 g/mol. The lowest BCUT2D eigenvalue weighted by atomic mass is 10.2. The van der Waals surface area contributed by atoms with Crippen molar-refractivity contribution in [3.8, 4) is 11.4 Å². The Kier molecular flexibility index (Phi) is 5.32. The summed E-state index contributed by atoms with van der Waals surface area (Å²) in [6.45, 7) is 2.09. The van der Waals surface area contributed by atoms with Crippen molar-refractivity contribution in [2.24, 2.45) is 7.05 Å². The molecule has 0 saturated carbocycles. The van der Waals surface area contributed by atoms with Gasteiger partial charge in [0.2, 0.25) is 0 Å². The number of pyridine rings is 1. The normalized spacial score (nSPS) is 18.5. The fourth-order valence-electron chi connectivity index (χ4n) is 2.63. The topological polar surface area (TPSA) is 65.2 Å². The van der Waals surface area contributed by atoms with Crippen LogP contribution in [0.4, 0.5) is 0 Å². The minimum atomic E-state index is -0.174. The van der Waals surface area contributed by atoms with Gasteiger partial charge in [-0.3, -0.25) is 14.7 Å². The zero-order valence-electron chi connectivity index (χ0n) is 13.6. The van der Waals surface area contributed by atoms with Gasteiger partial charge in [-0.05, 0) is 24.4 Å². The molecule has 3 rings (SSSR count). The standard InChI is InChI=1S/C15H19N5O2S2/c1-18-13(11-3-5-16-6-4-11)17-20(15(18)23)10-19-7-8-24-12(9-19)14(21)22-2/h3-6,12H,7-10H2,1-2H3/t12-/m0/s1. The lowest BCUT2D eigenvalue weighted by Gasteiger charge is -2.30. The molecule has 0 aromatic carbocycles. The molecule has 0 bridgehead atoms. The maximum atomic E-state index is 11.8. The molecule has 1 saturated heterocycles. The van der Waals surface area contributed by atoms with Crippen LogP contribution in [0.25, 0.3) is 11.4 Å². The van der Waals surface area contributed by atoms with Crippen LogP contribution in [-0.2, 0) is 23.2 Å². The number of hydrogen-bond donors (Lipinski definition) is 0. The number of ether oxygens (including phenoxy) is 1. The predicted molar refractivity (Wildman–Crippen MR) is 95.1 cm³/mol. The molecule has 9 heteroatoms. The molecular formula is C15H19N5O2S2. The molecule has 1 aliphatic heterocycles. The number of thioether (sulfide) groups is 1. The number of nitrogens with zero attached hydrogens (tertiary/aromatic N) is 5. The van der Waals surface area contributed by atoms with Gasteiger partial charge in [-0.1, -0.05) is 0 Å². The lowest BCUT2D eigenvalue weighted by Crippen LogP contribution is -2.42. The van der Waals surface area contributed by atoms with E-state index < -0.39 is 0 Å². The first-order valence-corrected chi connectivity index (χ1v) is 9.02. The van der Waals surface area contributed by atoms with Gasteiger partial charge in [-0.2, -0.15) is 5.10 Å². The van der Waals surface area contributed by atoms with Gasteiger partial charge < -0.3 is 9.30 Å². The fraction of sp³-hybridized carbons (Fsp3) is 0.467. The van der Waals surface area contributed by atoms with Crippen LogP contribution in [0.15, 0.2) is 24.5 Å². The second-order valence-electron chi connectivity index (χ2n) is 5.50. The van der Waals surface area contributed by atoms with E-state index in [1.807, 2.05) is 23.7 Å². The summed E-state index contributed by atoms with van der Waals surface area (Å²) in [4.78, 5) is 18.0. The fourth-order valence-corrected chi connectivity index (χ4v) is 4.01. The summed E-state index contributed by atoms with van der Waals surface area (Å²) in [6.07, 6.45) is 3.47. The molecule has 0 amide bonds. The zero-order valence-corrected chi connectivity index (χ0v) is 15.2. The van der Waals surface area contributed by atoms with Crippen LogP contribution in [0, 0.1) is 4.77 Å². The van der Waals surface area contributed by atoms with Crippen LogP contribution in [0.5, 0.6) is 0 Å². The third kappa shape index (κ3) is 3.52. The maximum Gasteiger partial charge on any atom is 0.320 e. The van der Waals surface area contributed by atoms with E-state index in [0.29, 0.717) is 18.0 Å². The molecule has 0 N–H and O–H groups in total. The molecular weight excluding hydrogens is 346 g/mol. The van der Waals surface area contributed by atoms with Crippen molar-refractivity contribution in [3.63, 3.8) is 0 Å². The van der Waals surface area contributed by atoms with Crippen molar-refractivity contribution >= 4 is 29.9 Å². The first kappa shape index (κ1) is 17.1. The molecule has 1 aliphatic rings. The minimum absolute atomic E-state index is 0.152. The summed E-state index contributed by atoms with van der Waals surface area (Å²) in [5, 5.41) is 4.50. The van der Waals surface area contributed by atoms with Gasteiger partial charge in [-0.15, -0.1) is 11.8 Å². The Morgan fingerprint density at radius 3 is 2.92 bits per heavy atom. The van der Waals surface area contributed by atoms with Gasteiger partial charge in [0.05, 0.1) is 13.8 Å².